The Balaban J connectivity index is 2.13. The molecule has 7 heteroatoms. The van der Waals surface area contributed by atoms with Crippen LogP contribution in [-0.4, -0.2) is 4.92 Å². The molecule has 2 rings (SSSR count). The number of benzene rings is 2. The number of para-hydroxylation sites is 1. The Labute approximate surface area is 118 Å². The summed E-state index contributed by atoms with van der Waals surface area (Å²) in [7, 11) is 0. The van der Waals surface area contributed by atoms with Crippen molar-refractivity contribution >= 4 is 11.4 Å². The van der Waals surface area contributed by atoms with Gasteiger partial charge in [-0.25, -0.2) is 8.78 Å². The normalized spacial score (nSPS) is 10.7. The molecule has 1 N–H and O–H groups in total. The molecular formula is C14H11F3N2O2. The lowest BCUT2D eigenvalue weighted by molar-refractivity contribution is -0.386. The van der Waals surface area contributed by atoms with Crippen LogP contribution in [0.2, 0.25) is 0 Å². The highest BCUT2D eigenvalue weighted by Crippen LogP contribution is 2.27. The minimum absolute atomic E-state index is 0.0398. The van der Waals surface area contributed by atoms with Crippen molar-refractivity contribution in [2.75, 3.05) is 5.32 Å². The molecule has 0 fully saturated rings. The fourth-order valence-electron chi connectivity index (χ4n) is 1.82. The van der Waals surface area contributed by atoms with E-state index in [0.717, 1.165) is 6.07 Å². The van der Waals surface area contributed by atoms with Crippen LogP contribution < -0.4 is 5.32 Å². The van der Waals surface area contributed by atoms with Gasteiger partial charge < -0.3 is 5.32 Å². The summed E-state index contributed by atoms with van der Waals surface area (Å²) in [6.45, 7) is 0.161. The van der Waals surface area contributed by atoms with Crippen molar-refractivity contribution in [3.8, 4) is 0 Å². The standard InChI is InChI=1S/C14H11F3N2O2/c15-11-2-1-3-12(13(11)19(20)21)18-8-9-4-6-10(7-5-9)14(16)17/h1-7,14,18H,8H2. The fraction of sp³-hybridized carbons (Fsp3) is 0.143. The molecule has 2 aromatic carbocycles. The van der Waals surface area contributed by atoms with Gasteiger partial charge in [-0.3, -0.25) is 10.1 Å². The third-order valence-electron chi connectivity index (χ3n) is 2.88. The van der Waals surface area contributed by atoms with E-state index in [4.69, 9.17) is 0 Å². The maximum Gasteiger partial charge on any atom is 0.327 e. The number of nitrogens with one attached hydrogen (secondary N) is 1. The van der Waals surface area contributed by atoms with Gasteiger partial charge in [0.05, 0.1) is 4.92 Å². The van der Waals surface area contributed by atoms with Gasteiger partial charge in [-0.1, -0.05) is 30.3 Å². The highest BCUT2D eigenvalue weighted by atomic mass is 19.3. The quantitative estimate of drug-likeness (QED) is 0.661. The molecule has 0 saturated carbocycles. The first-order chi connectivity index (χ1) is 9.99. The van der Waals surface area contributed by atoms with Crippen molar-refractivity contribution in [1.82, 2.24) is 0 Å². The van der Waals surface area contributed by atoms with E-state index in [2.05, 4.69) is 5.32 Å². The Hall–Kier alpha value is -2.57. The third-order valence-corrected chi connectivity index (χ3v) is 2.88. The number of nitro groups is 1. The van der Waals surface area contributed by atoms with Gasteiger partial charge in [0.1, 0.15) is 5.69 Å². The van der Waals surface area contributed by atoms with Crippen LogP contribution in [0, 0.1) is 15.9 Å². The largest absolute Gasteiger partial charge is 0.375 e. The number of halogens is 3. The molecule has 0 radical (unpaired) electrons. The van der Waals surface area contributed by atoms with E-state index >= 15 is 0 Å². The predicted molar refractivity (Wildman–Crippen MR) is 71.8 cm³/mol. The van der Waals surface area contributed by atoms with Crippen LogP contribution in [0.25, 0.3) is 0 Å². The van der Waals surface area contributed by atoms with Gasteiger partial charge in [-0.15, -0.1) is 0 Å². The zero-order valence-electron chi connectivity index (χ0n) is 10.7. The minimum Gasteiger partial charge on any atom is -0.375 e. The lowest BCUT2D eigenvalue weighted by atomic mass is 10.1. The Kier molecular flexibility index (Phi) is 4.42. The highest BCUT2D eigenvalue weighted by Gasteiger charge is 2.19. The molecule has 0 spiro atoms. The van der Waals surface area contributed by atoms with Gasteiger partial charge in [0.15, 0.2) is 0 Å². The Morgan fingerprint density at radius 1 is 1.14 bits per heavy atom. The predicted octanol–water partition coefficient (Wildman–Crippen LogP) is 4.28. The summed E-state index contributed by atoms with van der Waals surface area (Å²) in [6.07, 6.45) is -2.55. The molecule has 0 amide bonds. The zero-order valence-corrected chi connectivity index (χ0v) is 10.7. The molecule has 0 aliphatic rings. The maximum absolute atomic E-state index is 13.4. The second-order valence-electron chi connectivity index (χ2n) is 4.29. The van der Waals surface area contributed by atoms with Crippen molar-refractivity contribution in [1.29, 1.82) is 0 Å². The molecule has 0 aliphatic heterocycles. The van der Waals surface area contributed by atoms with Crippen molar-refractivity contribution in [3.05, 3.63) is 69.5 Å². The van der Waals surface area contributed by atoms with Crippen LogP contribution in [0.4, 0.5) is 24.5 Å². The molecule has 4 nitrogen and oxygen atoms in total. The number of anilines is 1. The number of hydrogen-bond donors (Lipinski definition) is 1. The molecule has 0 unspecified atom stereocenters. The van der Waals surface area contributed by atoms with Crippen molar-refractivity contribution in [2.24, 2.45) is 0 Å². The minimum atomic E-state index is -2.55. The summed E-state index contributed by atoms with van der Waals surface area (Å²) in [6, 6.07) is 9.27. The second kappa shape index (κ2) is 6.25. The summed E-state index contributed by atoms with van der Waals surface area (Å²) in [4.78, 5) is 10.0. The summed E-state index contributed by atoms with van der Waals surface area (Å²) in [5.41, 5.74) is -0.0481. The van der Waals surface area contributed by atoms with E-state index in [0.29, 0.717) is 5.56 Å². The molecule has 0 atom stereocenters. The van der Waals surface area contributed by atoms with Gasteiger partial charge >= 0.3 is 5.69 Å². The second-order valence-corrected chi connectivity index (χ2v) is 4.29. The van der Waals surface area contributed by atoms with E-state index in [1.165, 1.54) is 36.4 Å². The highest BCUT2D eigenvalue weighted by molar-refractivity contribution is 5.62. The van der Waals surface area contributed by atoms with Gasteiger partial charge in [0.2, 0.25) is 5.82 Å². The molecule has 2 aromatic rings. The molecule has 0 bridgehead atoms. The van der Waals surface area contributed by atoms with Crippen LogP contribution in [0.15, 0.2) is 42.5 Å². The summed E-state index contributed by atoms with van der Waals surface area (Å²) >= 11 is 0. The van der Waals surface area contributed by atoms with Crippen molar-refractivity contribution in [2.45, 2.75) is 13.0 Å². The third kappa shape index (κ3) is 3.50. The van der Waals surface area contributed by atoms with E-state index in [9.17, 15) is 23.3 Å². The maximum atomic E-state index is 13.4. The first kappa shape index (κ1) is 14.8. The zero-order chi connectivity index (χ0) is 15.4. The van der Waals surface area contributed by atoms with Crippen LogP contribution in [0.1, 0.15) is 17.6 Å². The number of hydrogen-bond acceptors (Lipinski definition) is 3. The lowest BCUT2D eigenvalue weighted by Gasteiger charge is -2.08. The Morgan fingerprint density at radius 2 is 1.81 bits per heavy atom. The van der Waals surface area contributed by atoms with E-state index in [1.54, 1.807) is 0 Å². The van der Waals surface area contributed by atoms with E-state index < -0.39 is 22.9 Å². The molecule has 0 aromatic heterocycles. The first-order valence-electron chi connectivity index (χ1n) is 6.03. The number of rotatable bonds is 5. The SMILES string of the molecule is O=[N+]([O-])c1c(F)cccc1NCc1ccc(C(F)F)cc1. The molecular weight excluding hydrogens is 285 g/mol. The van der Waals surface area contributed by atoms with Crippen LogP contribution in [-0.2, 0) is 6.54 Å². The number of nitro benzene ring substituents is 1. The average molecular weight is 296 g/mol. The number of alkyl halides is 2. The molecule has 0 heterocycles. The van der Waals surface area contributed by atoms with Crippen molar-refractivity contribution < 1.29 is 18.1 Å². The average Bonchev–Trinajstić information content (AvgIpc) is 2.45. The van der Waals surface area contributed by atoms with Gasteiger partial charge in [-0.05, 0) is 17.7 Å². The summed E-state index contributed by atoms with van der Waals surface area (Å²) in [5.74, 6) is -0.932. The summed E-state index contributed by atoms with van der Waals surface area (Å²) < 4.78 is 38.2. The van der Waals surface area contributed by atoms with Gasteiger partial charge in [-0.2, -0.15) is 4.39 Å². The topological polar surface area (TPSA) is 55.2 Å². The van der Waals surface area contributed by atoms with Gasteiger partial charge in [0.25, 0.3) is 6.43 Å². The Bertz CT molecular complexity index is 645. The van der Waals surface area contributed by atoms with E-state index in [1.807, 2.05) is 0 Å². The Morgan fingerprint density at radius 3 is 2.38 bits per heavy atom. The number of nitrogens with zero attached hydrogens (tertiary/aromatic N) is 1. The van der Waals surface area contributed by atoms with Crippen LogP contribution >= 0.6 is 0 Å². The fourth-order valence-corrected chi connectivity index (χ4v) is 1.82. The summed E-state index contributed by atoms with van der Waals surface area (Å²) in [5, 5.41) is 13.5. The van der Waals surface area contributed by atoms with Crippen molar-refractivity contribution in [3.63, 3.8) is 0 Å². The molecule has 110 valence electrons. The van der Waals surface area contributed by atoms with E-state index in [-0.39, 0.29) is 17.8 Å². The smallest absolute Gasteiger partial charge is 0.327 e. The lowest BCUT2D eigenvalue weighted by Crippen LogP contribution is -2.04. The molecule has 0 saturated heterocycles. The monoisotopic (exact) mass is 296 g/mol. The first-order valence-corrected chi connectivity index (χ1v) is 6.03. The molecule has 21 heavy (non-hydrogen) atoms. The van der Waals surface area contributed by atoms with Gasteiger partial charge in [0, 0.05) is 12.1 Å². The van der Waals surface area contributed by atoms with Crippen LogP contribution in [0.3, 0.4) is 0 Å². The molecule has 0 aliphatic carbocycles. The van der Waals surface area contributed by atoms with Crippen LogP contribution in [0.5, 0.6) is 0 Å².